The summed E-state index contributed by atoms with van der Waals surface area (Å²) in [5.74, 6) is 3.91. The van der Waals surface area contributed by atoms with Gasteiger partial charge in [0.25, 0.3) is 0 Å². The number of benzene rings is 1. The molecule has 1 saturated heterocycles. The molecule has 1 heterocycles. The quantitative estimate of drug-likeness (QED) is 0.849. The van der Waals surface area contributed by atoms with Crippen molar-refractivity contribution in [3.8, 4) is 5.75 Å². The molecule has 1 aromatic carbocycles. The van der Waals surface area contributed by atoms with E-state index in [1.54, 1.807) is 6.07 Å². The second-order valence-electron chi connectivity index (χ2n) is 4.41. The number of hydrogen-bond donors (Lipinski definition) is 2. The second-order valence-corrected chi connectivity index (χ2v) is 5.56. The highest BCUT2D eigenvalue weighted by Crippen LogP contribution is 2.34. The first-order valence-electron chi connectivity index (χ1n) is 5.88. The summed E-state index contributed by atoms with van der Waals surface area (Å²) in [6.07, 6.45) is 2.56. The third-order valence-corrected chi connectivity index (χ3v) is 4.56. The van der Waals surface area contributed by atoms with Crippen molar-refractivity contribution in [1.82, 2.24) is 0 Å². The van der Waals surface area contributed by atoms with Crippen molar-refractivity contribution in [2.24, 2.45) is 11.7 Å². The topological polar surface area (TPSA) is 46.2 Å². The average molecular weight is 237 g/mol. The van der Waals surface area contributed by atoms with Gasteiger partial charge in [0.1, 0.15) is 5.75 Å². The minimum Gasteiger partial charge on any atom is -0.508 e. The molecule has 3 N–H and O–H groups in total. The van der Waals surface area contributed by atoms with Gasteiger partial charge in [-0.25, -0.2) is 0 Å². The number of phenolic OH excluding ortho intramolecular Hbond substituents is 1. The molecule has 0 aliphatic carbocycles. The van der Waals surface area contributed by atoms with E-state index in [0.717, 1.165) is 0 Å². The zero-order valence-corrected chi connectivity index (χ0v) is 10.2. The number of nitrogens with two attached hydrogens (primary N) is 1. The number of thioether (sulfide) groups is 1. The summed E-state index contributed by atoms with van der Waals surface area (Å²) in [5, 5.41) is 9.51. The Kier molecular flexibility index (Phi) is 4.13. The molecule has 2 atom stereocenters. The number of rotatable bonds is 3. The zero-order valence-electron chi connectivity index (χ0n) is 9.43. The van der Waals surface area contributed by atoms with E-state index in [-0.39, 0.29) is 0 Å². The van der Waals surface area contributed by atoms with Crippen LogP contribution in [0.1, 0.15) is 24.3 Å². The van der Waals surface area contributed by atoms with Crippen LogP contribution in [0.25, 0.3) is 0 Å². The predicted octanol–water partition coefficient (Wildman–Crippen LogP) is 2.58. The second kappa shape index (κ2) is 5.60. The molecule has 88 valence electrons. The van der Waals surface area contributed by atoms with Crippen molar-refractivity contribution in [1.29, 1.82) is 0 Å². The highest BCUT2D eigenvalue weighted by atomic mass is 32.2. The molecule has 2 rings (SSSR count). The largest absolute Gasteiger partial charge is 0.508 e. The van der Waals surface area contributed by atoms with E-state index in [2.05, 4.69) is 6.07 Å². The van der Waals surface area contributed by atoms with Gasteiger partial charge in [0.05, 0.1) is 0 Å². The Morgan fingerprint density at radius 2 is 2.38 bits per heavy atom. The molecule has 0 radical (unpaired) electrons. The van der Waals surface area contributed by atoms with E-state index in [1.807, 2.05) is 23.9 Å². The fraction of sp³-hybridized carbons (Fsp3) is 0.538. The lowest BCUT2D eigenvalue weighted by molar-refractivity contribution is 0.426. The first-order valence-corrected chi connectivity index (χ1v) is 7.03. The first-order chi connectivity index (χ1) is 7.81. The normalized spacial score (nSPS) is 22.9. The molecule has 0 aromatic heterocycles. The third kappa shape index (κ3) is 2.71. The molecular formula is C13H19NOS. The minimum atomic E-state index is 0.347. The van der Waals surface area contributed by atoms with E-state index in [4.69, 9.17) is 5.73 Å². The molecule has 1 aliphatic heterocycles. The van der Waals surface area contributed by atoms with Crippen LogP contribution in [0.5, 0.6) is 5.75 Å². The van der Waals surface area contributed by atoms with E-state index in [9.17, 15) is 5.11 Å². The molecule has 1 aliphatic rings. The maximum Gasteiger partial charge on any atom is 0.115 e. The fourth-order valence-electron chi connectivity index (χ4n) is 2.44. The van der Waals surface area contributed by atoms with E-state index < -0.39 is 0 Å². The van der Waals surface area contributed by atoms with Gasteiger partial charge in [0.15, 0.2) is 0 Å². The molecule has 0 amide bonds. The summed E-state index contributed by atoms with van der Waals surface area (Å²) in [7, 11) is 0. The lowest BCUT2D eigenvalue weighted by Gasteiger charge is -2.29. The van der Waals surface area contributed by atoms with Gasteiger partial charge in [0, 0.05) is 0 Å². The van der Waals surface area contributed by atoms with Crippen LogP contribution in [0.15, 0.2) is 24.3 Å². The smallest absolute Gasteiger partial charge is 0.115 e. The van der Waals surface area contributed by atoms with Gasteiger partial charge in [-0.1, -0.05) is 12.1 Å². The highest BCUT2D eigenvalue weighted by Gasteiger charge is 2.24. The standard InChI is InChI=1S/C13H19NOS/c14-8-13(11-4-2-6-16-9-11)10-3-1-5-12(15)7-10/h1,3,5,7,11,13,15H,2,4,6,8-9,14H2. The summed E-state index contributed by atoms with van der Waals surface area (Å²) >= 11 is 2.03. The van der Waals surface area contributed by atoms with Crippen molar-refractivity contribution in [2.45, 2.75) is 18.8 Å². The van der Waals surface area contributed by atoms with Gasteiger partial charge in [-0.15, -0.1) is 0 Å². The highest BCUT2D eigenvalue weighted by molar-refractivity contribution is 7.99. The van der Waals surface area contributed by atoms with Crippen molar-refractivity contribution < 1.29 is 5.11 Å². The summed E-state index contributed by atoms with van der Waals surface area (Å²) in [6, 6.07) is 7.56. The average Bonchev–Trinajstić information content (AvgIpc) is 2.31. The number of aromatic hydroxyl groups is 1. The van der Waals surface area contributed by atoms with Crippen molar-refractivity contribution in [3.63, 3.8) is 0 Å². The Balaban J connectivity index is 2.14. The van der Waals surface area contributed by atoms with E-state index in [0.29, 0.717) is 24.1 Å². The van der Waals surface area contributed by atoms with E-state index >= 15 is 0 Å². The monoisotopic (exact) mass is 237 g/mol. The van der Waals surface area contributed by atoms with Crippen LogP contribution in [-0.4, -0.2) is 23.2 Å². The maximum absolute atomic E-state index is 9.51. The van der Waals surface area contributed by atoms with Crippen LogP contribution >= 0.6 is 11.8 Å². The molecule has 16 heavy (non-hydrogen) atoms. The zero-order chi connectivity index (χ0) is 11.4. The molecule has 0 bridgehead atoms. The molecule has 0 spiro atoms. The van der Waals surface area contributed by atoms with Gasteiger partial charge >= 0.3 is 0 Å². The van der Waals surface area contributed by atoms with Gasteiger partial charge in [0.2, 0.25) is 0 Å². The summed E-state index contributed by atoms with van der Waals surface area (Å²) in [5.41, 5.74) is 7.08. The number of hydrogen-bond acceptors (Lipinski definition) is 3. The molecule has 3 heteroatoms. The Bertz CT molecular complexity index is 336. The molecular weight excluding hydrogens is 218 g/mol. The van der Waals surface area contributed by atoms with Crippen LogP contribution in [0.4, 0.5) is 0 Å². The predicted molar refractivity (Wildman–Crippen MR) is 70.0 cm³/mol. The van der Waals surface area contributed by atoms with Gasteiger partial charge in [-0.05, 0) is 60.4 Å². The molecule has 2 nitrogen and oxygen atoms in total. The molecule has 1 fully saturated rings. The van der Waals surface area contributed by atoms with Crippen LogP contribution in [-0.2, 0) is 0 Å². The Labute approximate surface area is 101 Å². The molecule has 1 aromatic rings. The Morgan fingerprint density at radius 3 is 3.00 bits per heavy atom. The molecule has 2 unspecified atom stereocenters. The molecule has 0 saturated carbocycles. The van der Waals surface area contributed by atoms with Crippen molar-refractivity contribution in [2.75, 3.05) is 18.1 Å². The van der Waals surface area contributed by atoms with Crippen molar-refractivity contribution in [3.05, 3.63) is 29.8 Å². The lowest BCUT2D eigenvalue weighted by atomic mass is 9.84. The summed E-state index contributed by atoms with van der Waals surface area (Å²) in [6.45, 7) is 0.675. The fourth-order valence-corrected chi connectivity index (χ4v) is 3.68. The SMILES string of the molecule is NCC(c1cccc(O)c1)C1CCCSC1. The van der Waals surface area contributed by atoms with Gasteiger partial charge < -0.3 is 10.8 Å². The van der Waals surface area contributed by atoms with Crippen LogP contribution in [0, 0.1) is 5.92 Å². The maximum atomic E-state index is 9.51. The van der Waals surface area contributed by atoms with E-state index in [1.165, 1.54) is 29.9 Å². The van der Waals surface area contributed by atoms with Gasteiger partial charge in [-0.2, -0.15) is 11.8 Å². The van der Waals surface area contributed by atoms with Crippen LogP contribution < -0.4 is 5.73 Å². The number of phenols is 1. The minimum absolute atomic E-state index is 0.347. The Morgan fingerprint density at radius 1 is 1.50 bits per heavy atom. The first kappa shape index (κ1) is 11.8. The Hall–Kier alpha value is -0.670. The third-order valence-electron chi connectivity index (χ3n) is 3.32. The van der Waals surface area contributed by atoms with Gasteiger partial charge in [-0.3, -0.25) is 0 Å². The van der Waals surface area contributed by atoms with Crippen LogP contribution in [0.3, 0.4) is 0 Å². The summed E-state index contributed by atoms with van der Waals surface area (Å²) < 4.78 is 0. The summed E-state index contributed by atoms with van der Waals surface area (Å²) in [4.78, 5) is 0. The van der Waals surface area contributed by atoms with Crippen molar-refractivity contribution >= 4 is 11.8 Å². The lowest BCUT2D eigenvalue weighted by Crippen LogP contribution is -2.25. The van der Waals surface area contributed by atoms with Crippen LogP contribution in [0.2, 0.25) is 0 Å².